The molecule has 43 heavy (non-hydrogen) atoms. The molecule has 1 aromatic rings. The maximum absolute atomic E-state index is 13.1. The molecule has 2 saturated carbocycles. The van der Waals surface area contributed by atoms with E-state index in [4.69, 9.17) is 0 Å². The Morgan fingerprint density at radius 1 is 0.977 bits per heavy atom. The van der Waals surface area contributed by atoms with Crippen molar-refractivity contribution in [2.24, 2.45) is 17.3 Å². The van der Waals surface area contributed by atoms with Crippen molar-refractivity contribution in [3.05, 3.63) is 29.3 Å². The fourth-order valence-corrected chi connectivity index (χ4v) is 10.7. The number of likely N-dealkylation sites (tertiary alicyclic amines) is 1. The second-order valence-corrected chi connectivity index (χ2v) is 15.4. The lowest BCUT2D eigenvalue weighted by molar-refractivity contribution is -0.284. The summed E-state index contributed by atoms with van der Waals surface area (Å²) in [7, 11) is -1.41. The Balaban J connectivity index is 1.03. The smallest absolute Gasteiger partial charge is 0.453 e. The van der Waals surface area contributed by atoms with Gasteiger partial charge in [-0.15, -0.1) is 0 Å². The van der Waals surface area contributed by atoms with E-state index in [2.05, 4.69) is 11.0 Å². The van der Waals surface area contributed by atoms with Gasteiger partial charge < -0.3 is 10.2 Å². The van der Waals surface area contributed by atoms with Crippen LogP contribution in [0.4, 0.5) is 22.0 Å². The van der Waals surface area contributed by atoms with Crippen molar-refractivity contribution in [3.63, 3.8) is 0 Å². The quantitative estimate of drug-likeness (QED) is 0.172. The number of nitrogens with zero attached hydrogens (tertiary/aromatic N) is 1. The zero-order valence-corrected chi connectivity index (χ0v) is 25.9. The number of aliphatic hydroxyl groups is 1. The first-order chi connectivity index (χ1) is 20.4. The van der Waals surface area contributed by atoms with Gasteiger partial charge in [0.25, 0.3) is 0 Å². The van der Waals surface area contributed by atoms with Gasteiger partial charge in [-0.2, -0.15) is 22.0 Å². The number of phenolic OH excluding ortho intramolecular Hbond substituents is 1. The summed E-state index contributed by atoms with van der Waals surface area (Å²) in [5.41, 5.74) is 2.74. The minimum absolute atomic E-state index is 0.0315. The van der Waals surface area contributed by atoms with Crippen molar-refractivity contribution in [2.45, 2.75) is 126 Å². The fourth-order valence-electron chi connectivity index (χ4n) is 9.22. The first-order valence-corrected chi connectivity index (χ1v) is 17.9. The van der Waals surface area contributed by atoms with Gasteiger partial charge in [0.1, 0.15) is 5.75 Å². The number of aliphatic hydroxyl groups excluding tert-OH is 1. The molecule has 10 heteroatoms. The number of unbranched alkanes of at least 4 members (excludes halogenated alkanes) is 3. The summed E-state index contributed by atoms with van der Waals surface area (Å²) in [5, 5.41) is 21.2. The van der Waals surface area contributed by atoms with Crippen molar-refractivity contribution < 1.29 is 36.4 Å². The van der Waals surface area contributed by atoms with E-state index in [0.29, 0.717) is 29.3 Å². The van der Waals surface area contributed by atoms with Crippen LogP contribution in [0, 0.1) is 17.3 Å². The van der Waals surface area contributed by atoms with Crippen LogP contribution in [0.3, 0.4) is 0 Å². The van der Waals surface area contributed by atoms with Crippen molar-refractivity contribution in [1.29, 1.82) is 0 Å². The molecule has 1 unspecified atom stereocenters. The van der Waals surface area contributed by atoms with Gasteiger partial charge in [-0.05, 0) is 130 Å². The molecule has 244 valence electrons. The normalized spacial score (nSPS) is 31.9. The molecule has 7 atom stereocenters. The maximum Gasteiger partial charge on any atom is 0.453 e. The molecule has 1 saturated heterocycles. The van der Waals surface area contributed by atoms with Crippen LogP contribution in [-0.2, 0) is 17.2 Å². The summed E-state index contributed by atoms with van der Waals surface area (Å²) in [5.74, 6) is -2.44. The van der Waals surface area contributed by atoms with Crippen LogP contribution < -0.4 is 0 Å². The van der Waals surface area contributed by atoms with Crippen molar-refractivity contribution in [2.75, 3.05) is 24.6 Å². The highest BCUT2D eigenvalue weighted by Crippen LogP contribution is 2.63. The van der Waals surface area contributed by atoms with E-state index in [1.54, 1.807) is 0 Å². The zero-order valence-electron chi connectivity index (χ0n) is 25.1. The summed E-state index contributed by atoms with van der Waals surface area (Å²) in [6, 6.07) is 6.00. The highest BCUT2D eigenvalue weighted by atomic mass is 32.2. The Kier molecular flexibility index (Phi) is 10.5. The number of aromatic hydroxyl groups is 1. The average Bonchev–Trinajstić information content (AvgIpc) is 3.53. The molecule has 1 aliphatic heterocycles. The summed E-state index contributed by atoms with van der Waals surface area (Å²) in [4.78, 5) is 2.32. The molecule has 2 N–H and O–H groups in total. The lowest BCUT2D eigenvalue weighted by atomic mass is 9.53. The Morgan fingerprint density at radius 2 is 1.77 bits per heavy atom. The number of benzene rings is 1. The highest BCUT2D eigenvalue weighted by molar-refractivity contribution is 7.85. The van der Waals surface area contributed by atoms with E-state index in [9.17, 15) is 36.4 Å². The molecular weight excluding hydrogens is 585 g/mol. The number of fused-ring (bicyclic) bond motifs is 5. The van der Waals surface area contributed by atoms with Gasteiger partial charge in [0.2, 0.25) is 0 Å². The third-order valence-electron chi connectivity index (χ3n) is 11.4. The maximum atomic E-state index is 13.1. The fraction of sp³-hybridized carbons (Fsp3) is 0.818. The first-order valence-electron chi connectivity index (χ1n) is 16.4. The predicted molar refractivity (Wildman–Crippen MR) is 159 cm³/mol. The van der Waals surface area contributed by atoms with E-state index in [-0.39, 0.29) is 23.3 Å². The highest BCUT2D eigenvalue weighted by Gasteiger charge is 2.57. The molecule has 1 heterocycles. The van der Waals surface area contributed by atoms with Gasteiger partial charge >= 0.3 is 12.1 Å². The summed E-state index contributed by atoms with van der Waals surface area (Å²) in [6.45, 7) is 1.80. The molecule has 3 aliphatic carbocycles. The lowest BCUT2D eigenvalue weighted by Crippen LogP contribution is -2.45. The van der Waals surface area contributed by atoms with Crippen molar-refractivity contribution >= 4 is 10.8 Å². The molecule has 4 aliphatic rings. The number of hydrogen-bond donors (Lipinski definition) is 2. The molecule has 0 radical (unpaired) electrons. The SMILES string of the molecule is O=S(CCCC(F)(F)C(F)(F)F)C[C@@H]1CCCN1CCCCCC[C@]12CC[C@@H]3c4ccc(O)cc4CC[C@H]3[C@@H]1CC[C@@H]2O. The van der Waals surface area contributed by atoms with E-state index in [1.807, 2.05) is 12.1 Å². The van der Waals surface area contributed by atoms with Crippen LogP contribution >= 0.6 is 0 Å². The van der Waals surface area contributed by atoms with Gasteiger partial charge in [0, 0.05) is 34.8 Å². The van der Waals surface area contributed by atoms with E-state index in [1.165, 1.54) is 11.1 Å². The van der Waals surface area contributed by atoms with Gasteiger partial charge in [0.15, 0.2) is 0 Å². The summed E-state index contributed by atoms with van der Waals surface area (Å²) in [6.07, 6.45) is 6.12. The van der Waals surface area contributed by atoms with Crippen LogP contribution in [-0.4, -0.2) is 68.2 Å². The van der Waals surface area contributed by atoms with Crippen molar-refractivity contribution in [1.82, 2.24) is 4.90 Å². The van der Waals surface area contributed by atoms with E-state index >= 15 is 0 Å². The largest absolute Gasteiger partial charge is 0.508 e. The molecule has 3 fully saturated rings. The third kappa shape index (κ3) is 7.26. The Bertz CT molecular complexity index is 1120. The van der Waals surface area contributed by atoms with Crippen molar-refractivity contribution in [3.8, 4) is 5.75 Å². The minimum Gasteiger partial charge on any atom is -0.508 e. The molecule has 0 amide bonds. The van der Waals surface area contributed by atoms with Crippen LogP contribution in [0.1, 0.15) is 107 Å². The standard InChI is InChI=1S/C33H48F5NO3S/c34-32(35,33(36,37)38)16-6-20-43(42)22-24-7-5-19-39(24)18-4-2-1-3-15-31-17-14-27-26-11-9-25(40)21-23(26)8-10-28(27)29(31)12-13-30(31)41/h9,11,21,24,27-30,40-41H,1-8,10,12-20,22H2/t24-,27+,28+,29-,30-,31-,43?/m0/s1. The average molecular weight is 634 g/mol. The predicted octanol–water partition coefficient (Wildman–Crippen LogP) is 7.73. The molecule has 1 aromatic carbocycles. The molecule has 0 spiro atoms. The lowest BCUT2D eigenvalue weighted by Gasteiger charge is -2.52. The number of hydrogen-bond acceptors (Lipinski definition) is 4. The molecule has 5 rings (SSSR count). The van der Waals surface area contributed by atoms with Crippen LogP contribution in [0.5, 0.6) is 5.75 Å². The second kappa shape index (κ2) is 13.6. The minimum atomic E-state index is -5.55. The Labute approximate surface area is 255 Å². The third-order valence-corrected chi connectivity index (χ3v) is 12.9. The van der Waals surface area contributed by atoms with Crippen LogP contribution in [0.15, 0.2) is 18.2 Å². The Hall–Kier alpha value is -1.26. The zero-order chi connectivity index (χ0) is 30.8. The van der Waals surface area contributed by atoms with Crippen LogP contribution in [0.25, 0.3) is 0 Å². The number of rotatable bonds is 13. The number of halogens is 5. The Morgan fingerprint density at radius 3 is 2.56 bits per heavy atom. The summed E-state index contributed by atoms with van der Waals surface area (Å²) >= 11 is 0. The topological polar surface area (TPSA) is 60.8 Å². The number of alkyl halides is 5. The molecule has 0 aromatic heterocycles. The van der Waals surface area contributed by atoms with Gasteiger partial charge in [-0.3, -0.25) is 9.11 Å². The van der Waals surface area contributed by atoms with Gasteiger partial charge in [-0.25, -0.2) is 0 Å². The van der Waals surface area contributed by atoms with Gasteiger partial charge in [-0.1, -0.05) is 25.3 Å². The van der Waals surface area contributed by atoms with E-state index < -0.39 is 35.7 Å². The first kappa shape index (κ1) is 33.1. The second-order valence-electron chi connectivity index (χ2n) is 13.8. The molecular formula is C33H48F5NO3S. The molecule has 4 nitrogen and oxygen atoms in total. The number of aryl methyl sites for hydroxylation is 1. The van der Waals surface area contributed by atoms with E-state index in [0.717, 1.165) is 96.6 Å². The molecule has 0 bridgehead atoms. The monoisotopic (exact) mass is 633 g/mol. The van der Waals surface area contributed by atoms with Crippen LogP contribution in [0.2, 0.25) is 0 Å². The number of phenols is 1. The van der Waals surface area contributed by atoms with Gasteiger partial charge in [0.05, 0.1) is 6.10 Å². The summed E-state index contributed by atoms with van der Waals surface area (Å²) < 4.78 is 75.8.